The Hall–Kier alpha value is -1.18. The highest BCUT2D eigenvalue weighted by Crippen LogP contribution is 2.13. The van der Waals surface area contributed by atoms with E-state index in [1.54, 1.807) is 29.2 Å². The van der Waals surface area contributed by atoms with Gasteiger partial charge in [-0.25, -0.2) is 0 Å². The van der Waals surface area contributed by atoms with Crippen LogP contribution in [0.3, 0.4) is 0 Å². The maximum atomic E-state index is 12.6. The largest absolute Gasteiger partial charge is 0.339 e. The fraction of sp³-hybridized carbons (Fsp3) is 0.500. The van der Waals surface area contributed by atoms with E-state index < -0.39 is 16.0 Å². The number of rotatable bonds is 5. The fourth-order valence-electron chi connectivity index (χ4n) is 2.44. The normalized spacial score (nSPS) is 16.7. The molecule has 1 aromatic rings. The molecule has 8 heteroatoms. The first-order chi connectivity index (χ1) is 10.4. The molecule has 0 atom stereocenters. The standard InChI is InChI=1S/C14H18ClFN2O3S/c15-9-14(19)18-7-5-17(6-8-18)10-12-1-3-13(4-2-12)11-22(16,20)21/h1-4H,5-11H2. The zero-order chi connectivity index (χ0) is 16.2. The van der Waals surface area contributed by atoms with Gasteiger partial charge in [-0.3, -0.25) is 9.69 Å². The molecule has 0 unspecified atom stereocenters. The van der Waals surface area contributed by atoms with Gasteiger partial charge in [-0.05, 0) is 11.1 Å². The molecular formula is C14H18ClFN2O3S. The summed E-state index contributed by atoms with van der Waals surface area (Å²) in [6.45, 7) is 3.56. The molecule has 1 amide bonds. The van der Waals surface area contributed by atoms with Crippen LogP contribution in [0.4, 0.5) is 3.89 Å². The summed E-state index contributed by atoms with van der Waals surface area (Å²) in [4.78, 5) is 15.4. The van der Waals surface area contributed by atoms with Crippen LogP contribution in [0.2, 0.25) is 0 Å². The van der Waals surface area contributed by atoms with Crippen molar-refractivity contribution < 1.29 is 17.1 Å². The molecule has 0 saturated carbocycles. The predicted molar refractivity (Wildman–Crippen MR) is 82.8 cm³/mol. The minimum atomic E-state index is -4.49. The second-order valence-corrected chi connectivity index (χ2v) is 6.92. The van der Waals surface area contributed by atoms with Crippen LogP contribution < -0.4 is 0 Å². The lowest BCUT2D eigenvalue weighted by atomic mass is 10.1. The third-order valence-electron chi connectivity index (χ3n) is 3.61. The Bertz CT molecular complexity index is 613. The smallest absolute Gasteiger partial charge is 0.306 e. The zero-order valence-electron chi connectivity index (χ0n) is 12.0. The van der Waals surface area contributed by atoms with E-state index in [2.05, 4.69) is 4.90 Å². The Labute approximate surface area is 134 Å². The maximum absolute atomic E-state index is 12.6. The maximum Gasteiger partial charge on any atom is 0.306 e. The van der Waals surface area contributed by atoms with E-state index in [4.69, 9.17) is 11.6 Å². The number of nitrogens with zero attached hydrogens (tertiary/aromatic N) is 2. The molecule has 2 rings (SSSR count). The average Bonchev–Trinajstić information content (AvgIpc) is 2.48. The number of piperazine rings is 1. The average molecular weight is 349 g/mol. The topological polar surface area (TPSA) is 57.7 Å². The van der Waals surface area contributed by atoms with Crippen molar-refractivity contribution in [1.29, 1.82) is 0 Å². The number of halogens is 2. The second kappa shape index (κ2) is 7.39. The minimum absolute atomic E-state index is 0.0128. The van der Waals surface area contributed by atoms with E-state index in [0.717, 1.165) is 18.7 Å². The van der Waals surface area contributed by atoms with Crippen LogP contribution in [0, 0.1) is 0 Å². The molecular weight excluding hydrogens is 331 g/mol. The molecule has 0 N–H and O–H groups in total. The predicted octanol–water partition coefficient (Wildman–Crippen LogP) is 1.37. The molecule has 5 nitrogen and oxygen atoms in total. The SMILES string of the molecule is O=C(CCl)N1CCN(Cc2ccc(CS(=O)(=O)F)cc2)CC1. The van der Waals surface area contributed by atoms with Gasteiger partial charge in [0.25, 0.3) is 0 Å². The molecule has 0 aliphatic carbocycles. The number of carbonyl (C=O) groups is 1. The van der Waals surface area contributed by atoms with Crippen molar-refractivity contribution in [2.75, 3.05) is 32.1 Å². The van der Waals surface area contributed by atoms with Gasteiger partial charge in [0.05, 0.1) is 0 Å². The monoisotopic (exact) mass is 348 g/mol. The molecule has 1 aliphatic heterocycles. The Morgan fingerprint density at radius 1 is 1.09 bits per heavy atom. The molecule has 1 saturated heterocycles. The highest BCUT2D eigenvalue weighted by Gasteiger charge is 2.20. The molecule has 0 bridgehead atoms. The number of benzene rings is 1. The van der Waals surface area contributed by atoms with Gasteiger partial charge in [-0.15, -0.1) is 15.5 Å². The molecule has 1 aliphatic rings. The van der Waals surface area contributed by atoms with Gasteiger partial charge in [0.2, 0.25) is 5.91 Å². The quantitative estimate of drug-likeness (QED) is 0.595. The molecule has 1 heterocycles. The Morgan fingerprint density at radius 2 is 1.64 bits per heavy atom. The van der Waals surface area contributed by atoms with E-state index in [1.165, 1.54) is 0 Å². The van der Waals surface area contributed by atoms with Crippen molar-refractivity contribution in [2.24, 2.45) is 0 Å². The fourth-order valence-corrected chi connectivity index (χ4v) is 3.20. The van der Waals surface area contributed by atoms with Crippen molar-refractivity contribution in [2.45, 2.75) is 12.3 Å². The summed E-state index contributed by atoms with van der Waals surface area (Å²) in [6, 6.07) is 6.85. The van der Waals surface area contributed by atoms with Crippen molar-refractivity contribution in [3.63, 3.8) is 0 Å². The Balaban J connectivity index is 1.86. The summed E-state index contributed by atoms with van der Waals surface area (Å²) in [7, 11) is -4.49. The summed E-state index contributed by atoms with van der Waals surface area (Å²) in [5.41, 5.74) is 1.46. The van der Waals surface area contributed by atoms with Crippen LogP contribution in [-0.2, 0) is 27.3 Å². The first kappa shape index (κ1) is 17.2. The lowest BCUT2D eigenvalue weighted by molar-refractivity contribution is -0.130. The van der Waals surface area contributed by atoms with Gasteiger partial charge in [0, 0.05) is 32.7 Å². The van der Waals surface area contributed by atoms with E-state index in [1.807, 2.05) is 0 Å². The van der Waals surface area contributed by atoms with Crippen molar-refractivity contribution >= 4 is 27.7 Å². The molecule has 1 aromatic carbocycles. The van der Waals surface area contributed by atoms with E-state index in [0.29, 0.717) is 25.2 Å². The summed E-state index contributed by atoms with van der Waals surface area (Å²) < 4.78 is 33.8. The Morgan fingerprint density at radius 3 is 2.14 bits per heavy atom. The summed E-state index contributed by atoms with van der Waals surface area (Å²) in [5, 5.41) is 0. The minimum Gasteiger partial charge on any atom is -0.339 e. The molecule has 122 valence electrons. The van der Waals surface area contributed by atoms with Gasteiger partial charge in [-0.1, -0.05) is 24.3 Å². The number of alkyl halides is 1. The van der Waals surface area contributed by atoms with Crippen LogP contribution in [-0.4, -0.2) is 56.2 Å². The van der Waals surface area contributed by atoms with Crippen molar-refractivity contribution in [1.82, 2.24) is 9.80 Å². The summed E-state index contributed by atoms with van der Waals surface area (Å²) in [6.07, 6.45) is 0. The summed E-state index contributed by atoms with van der Waals surface area (Å²) in [5.74, 6) is -0.621. The third-order valence-corrected chi connectivity index (χ3v) is 4.51. The zero-order valence-corrected chi connectivity index (χ0v) is 13.6. The second-order valence-electron chi connectivity index (χ2n) is 5.29. The molecule has 22 heavy (non-hydrogen) atoms. The van der Waals surface area contributed by atoms with Crippen molar-refractivity contribution in [3.05, 3.63) is 35.4 Å². The number of hydrogen-bond acceptors (Lipinski definition) is 4. The van der Waals surface area contributed by atoms with Gasteiger partial charge < -0.3 is 4.90 Å². The van der Waals surface area contributed by atoms with E-state index in [9.17, 15) is 17.1 Å². The molecule has 1 fully saturated rings. The van der Waals surface area contributed by atoms with Gasteiger partial charge in [-0.2, -0.15) is 8.42 Å². The highest BCUT2D eigenvalue weighted by molar-refractivity contribution is 7.85. The molecule has 0 aromatic heterocycles. The van der Waals surface area contributed by atoms with Crippen LogP contribution in [0.25, 0.3) is 0 Å². The van der Waals surface area contributed by atoms with Crippen molar-refractivity contribution in [3.8, 4) is 0 Å². The number of amides is 1. The number of hydrogen-bond donors (Lipinski definition) is 0. The molecule has 0 radical (unpaired) electrons. The van der Waals surface area contributed by atoms with Crippen LogP contribution in [0.5, 0.6) is 0 Å². The highest BCUT2D eigenvalue weighted by atomic mass is 35.5. The lowest BCUT2D eigenvalue weighted by Gasteiger charge is -2.34. The van der Waals surface area contributed by atoms with E-state index >= 15 is 0 Å². The summed E-state index contributed by atoms with van der Waals surface area (Å²) >= 11 is 5.54. The van der Waals surface area contributed by atoms with Gasteiger partial charge in [0.1, 0.15) is 11.6 Å². The van der Waals surface area contributed by atoms with Crippen LogP contribution in [0.15, 0.2) is 24.3 Å². The third kappa shape index (κ3) is 5.23. The first-order valence-electron chi connectivity index (χ1n) is 6.93. The Kier molecular flexibility index (Phi) is 5.77. The first-order valence-corrected chi connectivity index (χ1v) is 9.02. The van der Waals surface area contributed by atoms with Crippen LogP contribution >= 0.6 is 11.6 Å². The molecule has 0 spiro atoms. The lowest BCUT2D eigenvalue weighted by Crippen LogP contribution is -2.48. The van der Waals surface area contributed by atoms with E-state index in [-0.39, 0.29) is 11.8 Å². The van der Waals surface area contributed by atoms with Gasteiger partial charge >= 0.3 is 10.2 Å². The van der Waals surface area contributed by atoms with Crippen LogP contribution in [0.1, 0.15) is 11.1 Å². The van der Waals surface area contributed by atoms with Gasteiger partial charge in [0.15, 0.2) is 0 Å². The number of carbonyl (C=O) groups excluding carboxylic acids is 1.